The summed E-state index contributed by atoms with van der Waals surface area (Å²) in [5.41, 5.74) is 2.13. The van der Waals surface area contributed by atoms with Crippen molar-refractivity contribution in [2.45, 2.75) is 25.5 Å². The third-order valence-electron chi connectivity index (χ3n) is 1.76. The maximum Gasteiger partial charge on any atom is 0.362 e. The smallest absolute Gasteiger partial charge is 0.353 e. The molecule has 1 aromatic carbocycles. The lowest BCUT2D eigenvalue weighted by Crippen LogP contribution is -2.25. The molecule has 1 rings (SSSR count). The second-order valence-electron chi connectivity index (χ2n) is 4.40. The van der Waals surface area contributed by atoms with Gasteiger partial charge in [0.1, 0.15) is 0 Å². The monoisotopic (exact) mass is 234 g/mol. The lowest BCUT2D eigenvalue weighted by molar-refractivity contribution is 0.306. The van der Waals surface area contributed by atoms with Gasteiger partial charge in [0, 0.05) is 4.75 Å². The molecule has 0 fully saturated rings. The van der Waals surface area contributed by atoms with Crippen LogP contribution in [0, 0.1) is 0 Å². The van der Waals surface area contributed by atoms with Crippen molar-refractivity contribution < 1.29 is 4.76 Å². The molecule has 0 aromatic heterocycles. The number of hydrogen-bond acceptors (Lipinski definition) is 3. The second kappa shape index (κ2) is 6.13. The predicted molar refractivity (Wildman–Crippen MR) is 73.5 cm³/mol. The van der Waals surface area contributed by atoms with Crippen LogP contribution in [0.3, 0.4) is 0 Å². The molecule has 0 unspecified atom stereocenters. The van der Waals surface area contributed by atoms with Crippen LogP contribution in [-0.4, -0.2) is 12.2 Å². The van der Waals surface area contributed by atoms with Gasteiger partial charge >= 0.3 is 7.48 Å². The van der Waals surface area contributed by atoms with E-state index in [2.05, 4.69) is 32.2 Å². The Hall–Kier alpha value is -0.705. The van der Waals surface area contributed by atoms with Gasteiger partial charge in [-0.05, 0) is 26.3 Å². The molecule has 0 atom stereocenters. The minimum atomic E-state index is 0.139. The fourth-order valence-corrected chi connectivity index (χ4v) is 1.30. The Kier molecular flexibility index (Phi) is 5.12. The van der Waals surface area contributed by atoms with Crippen LogP contribution in [0.5, 0.6) is 0 Å². The fraction of sp³-hybridized carbons (Fsp3) is 0.333. The molecule has 0 heterocycles. The van der Waals surface area contributed by atoms with Gasteiger partial charge in [0.25, 0.3) is 0 Å². The third-order valence-corrected chi connectivity index (χ3v) is 2.56. The maximum atomic E-state index is 5.23. The SMILES string of the molecule is C=Cc1ccc([B]ONSC(C)(C)C)cc1. The molecule has 0 aliphatic carbocycles. The Bertz CT molecular complexity index is 332. The van der Waals surface area contributed by atoms with E-state index in [9.17, 15) is 0 Å². The Morgan fingerprint density at radius 3 is 2.44 bits per heavy atom. The Labute approximate surface area is 103 Å². The highest BCUT2D eigenvalue weighted by Crippen LogP contribution is 2.18. The molecule has 16 heavy (non-hydrogen) atoms. The van der Waals surface area contributed by atoms with Crippen molar-refractivity contribution >= 4 is 31.0 Å². The molecular weight excluding hydrogens is 217 g/mol. The van der Waals surface area contributed by atoms with Crippen LogP contribution in [0.4, 0.5) is 0 Å². The average molecular weight is 234 g/mol. The van der Waals surface area contributed by atoms with Crippen LogP contribution in [-0.2, 0) is 4.76 Å². The first-order valence-electron chi connectivity index (χ1n) is 5.16. The second-order valence-corrected chi connectivity index (χ2v) is 6.00. The van der Waals surface area contributed by atoms with E-state index < -0.39 is 0 Å². The summed E-state index contributed by atoms with van der Waals surface area (Å²) < 4.78 is 5.37. The van der Waals surface area contributed by atoms with E-state index in [0.717, 1.165) is 11.0 Å². The Balaban J connectivity index is 2.29. The highest BCUT2D eigenvalue weighted by atomic mass is 32.2. The van der Waals surface area contributed by atoms with Gasteiger partial charge < -0.3 is 4.76 Å². The lowest BCUT2D eigenvalue weighted by atomic mass is 9.88. The molecule has 1 radical (unpaired) electrons. The number of nitrogens with one attached hydrogen (secondary N) is 1. The van der Waals surface area contributed by atoms with E-state index in [-0.39, 0.29) is 4.75 Å². The van der Waals surface area contributed by atoms with E-state index in [0.29, 0.717) is 0 Å². The van der Waals surface area contributed by atoms with Gasteiger partial charge in [-0.1, -0.05) is 54.3 Å². The number of rotatable bonds is 5. The normalized spacial score (nSPS) is 11.2. The first-order valence-corrected chi connectivity index (χ1v) is 5.97. The van der Waals surface area contributed by atoms with Crippen LogP contribution in [0.25, 0.3) is 6.08 Å². The van der Waals surface area contributed by atoms with E-state index in [1.165, 1.54) is 0 Å². The van der Waals surface area contributed by atoms with Gasteiger partial charge in [-0.25, -0.2) is 0 Å². The van der Waals surface area contributed by atoms with E-state index >= 15 is 0 Å². The summed E-state index contributed by atoms with van der Waals surface area (Å²) in [6.07, 6.45) is 1.82. The minimum Gasteiger partial charge on any atom is -0.353 e. The summed E-state index contributed by atoms with van der Waals surface area (Å²) in [4.78, 5) is 2.84. The van der Waals surface area contributed by atoms with Gasteiger partial charge in [0.2, 0.25) is 0 Å². The number of benzene rings is 1. The topological polar surface area (TPSA) is 21.3 Å². The maximum absolute atomic E-state index is 5.23. The molecule has 0 aliphatic heterocycles. The zero-order valence-electron chi connectivity index (χ0n) is 9.99. The van der Waals surface area contributed by atoms with Crippen LogP contribution in [0.15, 0.2) is 30.8 Å². The van der Waals surface area contributed by atoms with E-state index in [1.807, 2.05) is 30.3 Å². The zero-order chi connectivity index (χ0) is 12.0. The molecule has 0 aliphatic rings. The van der Waals surface area contributed by atoms with Crippen LogP contribution >= 0.6 is 11.9 Å². The van der Waals surface area contributed by atoms with Crippen molar-refractivity contribution in [3.8, 4) is 0 Å². The van der Waals surface area contributed by atoms with Crippen molar-refractivity contribution in [3.63, 3.8) is 0 Å². The summed E-state index contributed by atoms with van der Waals surface area (Å²) in [7, 11) is 1.69. The largest absolute Gasteiger partial charge is 0.362 e. The van der Waals surface area contributed by atoms with Crippen molar-refractivity contribution in [1.82, 2.24) is 4.89 Å². The fourth-order valence-electron chi connectivity index (χ4n) is 0.952. The molecule has 0 saturated heterocycles. The summed E-state index contributed by atoms with van der Waals surface area (Å²) in [6.45, 7) is 10.1. The third kappa shape index (κ3) is 5.40. The molecule has 1 N–H and O–H groups in total. The van der Waals surface area contributed by atoms with Crippen LogP contribution in [0.1, 0.15) is 26.3 Å². The van der Waals surface area contributed by atoms with Gasteiger partial charge in [0.05, 0.1) is 0 Å². The van der Waals surface area contributed by atoms with Crippen molar-refractivity contribution in [3.05, 3.63) is 36.4 Å². The van der Waals surface area contributed by atoms with Gasteiger partial charge in [-0.15, -0.1) is 0 Å². The van der Waals surface area contributed by atoms with Gasteiger partial charge in [0.15, 0.2) is 0 Å². The van der Waals surface area contributed by atoms with E-state index in [1.54, 1.807) is 19.4 Å². The predicted octanol–water partition coefficient (Wildman–Crippen LogP) is 2.54. The average Bonchev–Trinajstić information content (AvgIpc) is 2.24. The first-order chi connectivity index (χ1) is 7.51. The van der Waals surface area contributed by atoms with E-state index in [4.69, 9.17) is 4.76 Å². The Morgan fingerprint density at radius 1 is 1.31 bits per heavy atom. The van der Waals surface area contributed by atoms with Gasteiger partial charge in [-0.3, -0.25) is 0 Å². The Morgan fingerprint density at radius 2 is 1.94 bits per heavy atom. The molecule has 0 amide bonds. The highest BCUT2D eigenvalue weighted by Gasteiger charge is 2.10. The lowest BCUT2D eigenvalue weighted by Gasteiger charge is -2.17. The molecule has 2 nitrogen and oxygen atoms in total. The summed E-state index contributed by atoms with van der Waals surface area (Å²) >= 11 is 1.54. The first kappa shape index (κ1) is 13.4. The summed E-state index contributed by atoms with van der Waals surface area (Å²) in [6, 6.07) is 7.97. The number of hydrogen-bond donors (Lipinski definition) is 1. The quantitative estimate of drug-likeness (QED) is 0.366. The summed E-state index contributed by atoms with van der Waals surface area (Å²) in [5.74, 6) is 0. The highest BCUT2D eigenvalue weighted by molar-refractivity contribution is 7.98. The summed E-state index contributed by atoms with van der Waals surface area (Å²) in [5, 5.41) is 0. The van der Waals surface area contributed by atoms with Crippen LogP contribution in [0.2, 0.25) is 0 Å². The molecule has 4 heteroatoms. The molecule has 0 bridgehead atoms. The van der Waals surface area contributed by atoms with Crippen molar-refractivity contribution in [1.29, 1.82) is 0 Å². The minimum absolute atomic E-state index is 0.139. The van der Waals surface area contributed by atoms with Gasteiger partial charge in [-0.2, -0.15) is 4.89 Å². The molecule has 85 valence electrons. The van der Waals surface area contributed by atoms with Crippen molar-refractivity contribution in [2.24, 2.45) is 0 Å². The molecular formula is C12H17BNOS. The van der Waals surface area contributed by atoms with Crippen LogP contribution < -0.4 is 10.3 Å². The molecule has 1 aromatic rings. The zero-order valence-corrected chi connectivity index (χ0v) is 10.8. The molecule has 0 saturated carbocycles. The standard InChI is InChI=1S/C12H17BNOS/c1-5-10-6-8-11(9-7-10)13-15-14-16-12(2,3)4/h5-9,14H,1H2,2-4H3. The molecule has 0 spiro atoms. The van der Waals surface area contributed by atoms with Crippen molar-refractivity contribution in [2.75, 3.05) is 0 Å².